The van der Waals surface area contributed by atoms with Crippen LogP contribution in [0.1, 0.15) is 6.92 Å². The number of aromatic nitrogens is 3. The average molecular weight is 319 g/mol. The molecular weight excluding hydrogens is 304 g/mol. The van der Waals surface area contributed by atoms with Crippen molar-refractivity contribution in [1.82, 2.24) is 19.7 Å². The first-order valence-corrected chi connectivity index (χ1v) is 7.72. The second-order valence-corrected chi connectivity index (χ2v) is 6.55. The van der Waals surface area contributed by atoms with Crippen LogP contribution in [0.3, 0.4) is 0 Å². The highest BCUT2D eigenvalue weighted by Gasteiger charge is 2.21. The van der Waals surface area contributed by atoms with E-state index in [0.29, 0.717) is 0 Å². The lowest BCUT2D eigenvalue weighted by Crippen LogP contribution is -2.36. The zero-order chi connectivity index (χ0) is 15.3. The zero-order valence-electron chi connectivity index (χ0n) is 11.0. The molecule has 0 aliphatic rings. The topological polar surface area (TPSA) is 85.2 Å². The number of hydrogen-bond donors (Lipinski definition) is 0. The van der Waals surface area contributed by atoms with Crippen LogP contribution in [-0.2, 0) is 9.84 Å². The van der Waals surface area contributed by atoms with Crippen molar-refractivity contribution < 1.29 is 13.2 Å². The molecule has 110 valence electrons. The summed E-state index contributed by atoms with van der Waals surface area (Å²) in [5.74, 6) is -0.139. The third-order valence-electron chi connectivity index (χ3n) is 2.31. The fraction of sp³-hybridized carbons (Fsp3) is 0.364. The molecular formula is C11H15ClN4O3S. The SMILES string of the molecule is C=CCN(CC(=C)Cl)C(=O)n1cnc(S(=O)(=O)CC)n1. The standard InChI is InChI=1S/C11H15ClN4O3S/c1-4-6-15(7-9(3)12)11(17)16-8-13-10(14-16)20(18,19)5-2/h4,8H,1,3,5-7H2,2H3. The summed E-state index contributed by atoms with van der Waals surface area (Å²) >= 11 is 5.68. The van der Waals surface area contributed by atoms with Gasteiger partial charge in [0, 0.05) is 11.6 Å². The summed E-state index contributed by atoms with van der Waals surface area (Å²) < 4.78 is 24.0. The highest BCUT2D eigenvalue weighted by Crippen LogP contribution is 2.07. The predicted octanol–water partition coefficient (Wildman–Crippen LogP) is 1.28. The molecule has 0 atom stereocenters. The molecule has 0 saturated carbocycles. The Morgan fingerprint density at radius 3 is 2.75 bits per heavy atom. The summed E-state index contributed by atoms with van der Waals surface area (Å²) in [6, 6.07) is -0.559. The van der Waals surface area contributed by atoms with Gasteiger partial charge in [0.15, 0.2) is 0 Å². The van der Waals surface area contributed by atoms with Crippen LogP contribution in [0.5, 0.6) is 0 Å². The summed E-state index contributed by atoms with van der Waals surface area (Å²) in [6.07, 6.45) is 2.57. The Kier molecular flexibility index (Phi) is 5.46. The lowest BCUT2D eigenvalue weighted by molar-refractivity contribution is 0.206. The van der Waals surface area contributed by atoms with Crippen LogP contribution in [0, 0.1) is 0 Å². The van der Waals surface area contributed by atoms with Crippen LogP contribution >= 0.6 is 11.6 Å². The zero-order valence-corrected chi connectivity index (χ0v) is 12.6. The Morgan fingerprint density at radius 2 is 2.25 bits per heavy atom. The third-order valence-corrected chi connectivity index (χ3v) is 3.93. The van der Waals surface area contributed by atoms with Crippen LogP contribution in [0.25, 0.3) is 0 Å². The number of nitrogens with zero attached hydrogens (tertiary/aromatic N) is 4. The molecule has 9 heteroatoms. The number of rotatable bonds is 6. The van der Waals surface area contributed by atoms with Crippen LogP contribution in [-0.4, -0.2) is 53.0 Å². The Hall–Kier alpha value is -1.67. The second-order valence-electron chi connectivity index (χ2n) is 3.84. The van der Waals surface area contributed by atoms with Crippen molar-refractivity contribution in [1.29, 1.82) is 0 Å². The molecule has 0 radical (unpaired) electrons. The Labute approximate surface area is 122 Å². The Morgan fingerprint density at radius 1 is 1.60 bits per heavy atom. The number of hydrogen-bond acceptors (Lipinski definition) is 5. The molecule has 7 nitrogen and oxygen atoms in total. The van der Waals surface area contributed by atoms with Gasteiger partial charge in [-0.2, -0.15) is 4.68 Å². The van der Waals surface area contributed by atoms with E-state index < -0.39 is 15.9 Å². The Bertz CT molecular complexity index is 623. The molecule has 0 saturated heterocycles. The van der Waals surface area contributed by atoms with Crippen LogP contribution in [0.4, 0.5) is 4.79 Å². The molecule has 1 aromatic rings. The van der Waals surface area contributed by atoms with E-state index in [2.05, 4.69) is 23.2 Å². The number of carbonyl (C=O) groups excluding carboxylic acids is 1. The molecule has 1 amide bonds. The van der Waals surface area contributed by atoms with Gasteiger partial charge in [-0.15, -0.1) is 11.7 Å². The van der Waals surface area contributed by atoms with Gasteiger partial charge in [0.2, 0.25) is 9.84 Å². The normalized spacial score (nSPS) is 11.1. The number of amides is 1. The first-order chi connectivity index (χ1) is 9.31. The van der Waals surface area contributed by atoms with Gasteiger partial charge in [-0.25, -0.2) is 18.2 Å². The lowest BCUT2D eigenvalue weighted by Gasteiger charge is -2.19. The van der Waals surface area contributed by atoms with Gasteiger partial charge in [-0.05, 0) is 0 Å². The summed E-state index contributed by atoms with van der Waals surface area (Å²) in [5, 5.41) is 3.57. The smallest absolute Gasteiger partial charge is 0.314 e. The van der Waals surface area contributed by atoms with Crippen molar-refractivity contribution in [3.63, 3.8) is 0 Å². The molecule has 0 bridgehead atoms. The van der Waals surface area contributed by atoms with Crippen molar-refractivity contribution in [2.45, 2.75) is 12.1 Å². The molecule has 20 heavy (non-hydrogen) atoms. The largest absolute Gasteiger partial charge is 0.346 e. The second kappa shape index (κ2) is 6.67. The quantitative estimate of drug-likeness (QED) is 0.738. The Balaban J connectivity index is 3.01. The molecule has 1 aromatic heterocycles. The van der Waals surface area contributed by atoms with Gasteiger partial charge < -0.3 is 4.90 Å². The molecule has 1 rings (SSSR count). The van der Waals surface area contributed by atoms with Gasteiger partial charge in [0.1, 0.15) is 6.33 Å². The summed E-state index contributed by atoms with van der Waals surface area (Å²) in [5.41, 5.74) is 0. The third kappa shape index (κ3) is 3.91. The molecule has 0 unspecified atom stereocenters. The van der Waals surface area contributed by atoms with Gasteiger partial charge in [-0.1, -0.05) is 31.2 Å². The fourth-order valence-electron chi connectivity index (χ4n) is 1.33. The van der Waals surface area contributed by atoms with E-state index in [4.69, 9.17) is 11.6 Å². The van der Waals surface area contributed by atoms with Crippen molar-refractivity contribution in [3.8, 4) is 0 Å². The first kappa shape index (κ1) is 16.4. The highest BCUT2D eigenvalue weighted by atomic mass is 35.5. The monoisotopic (exact) mass is 318 g/mol. The van der Waals surface area contributed by atoms with Crippen molar-refractivity contribution >= 4 is 27.5 Å². The van der Waals surface area contributed by atoms with E-state index in [1.807, 2.05) is 0 Å². The van der Waals surface area contributed by atoms with Crippen molar-refractivity contribution in [3.05, 3.63) is 30.6 Å². The molecule has 0 N–H and O–H groups in total. The van der Waals surface area contributed by atoms with Gasteiger partial charge >= 0.3 is 6.03 Å². The molecule has 0 spiro atoms. The molecule has 0 aliphatic heterocycles. The van der Waals surface area contributed by atoms with E-state index in [0.717, 1.165) is 11.0 Å². The maximum absolute atomic E-state index is 12.1. The summed E-state index contributed by atoms with van der Waals surface area (Å²) in [7, 11) is -3.55. The van der Waals surface area contributed by atoms with Crippen molar-refractivity contribution in [2.24, 2.45) is 0 Å². The van der Waals surface area contributed by atoms with Gasteiger partial charge in [0.05, 0.1) is 12.3 Å². The van der Waals surface area contributed by atoms with Crippen molar-refractivity contribution in [2.75, 3.05) is 18.8 Å². The van der Waals surface area contributed by atoms with Gasteiger partial charge in [-0.3, -0.25) is 0 Å². The first-order valence-electron chi connectivity index (χ1n) is 5.69. The van der Waals surface area contributed by atoms with E-state index in [1.165, 1.54) is 17.9 Å². The number of sulfone groups is 1. The predicted molar refractivity (Wildman–Crippen MR) is 75.3 cm³/mol. The van der Waals surface area contributed by atoms with Crippen LogP contribution in [0.15, 0.2) is 35.7 Å². The summed E-state index contributed by atoms with van der Waals surface area (Å²) in [4.78, 5) is 17.1. The van der Waals surface area contributed by atoms with Gasteiger partial charge in [0.25, 0.3) is 5.16 Å². The minimum absolute atomic E-state index is 0.0993. The van der Waals surface area contributed by atoms with Crippen LogP contribution < -0.4 is 0 Å². The molecule has 0 fully saturated rings. The number of halogens is 1. The van der Waals surface area contributed by atoms with Crippen LogP contribution in [0.2, 0.25) is 0 Å². The summed E-state index contributed by atoms with van der Waals surface area (Å²) in [6.45, 7) is 8.83. The maximum Gasteiger partial charge on any atom is 0.346 e. The molecule has 1 heterocycles. The lowest BCUT2D eigenvalue weighted by atomic mass is 10.4. The number of carbonyl (C=O) groups is 1. The fourth-order valence-corrected chi connectivity index (χ4v) is 2.15. The van der Waals surface area contributed by atoms with E-state index >= 15 is 0 Å². The van der Waals surface area contributed by atoms with E-state index in [1.54, 1.807) is 0 Å². The maximum atomic E-state index is 12.1. The minimum atomic E-state index is -3.55. The minimum Gasteiger partial charge on any atom is -0.314 e. The van der Waals surface area contributed by atoms with E-state index in [-0.39, 0.29) is 29.0 Å². The molecule has 0 aromatic carbocycles. The van der Waals surface area contributed by atoms with E-state index in [9.17, 15) is 13.2 Å². The average Bonchev–Trinajstić information content (AvgIpc) is 2.87. The molecule has 0 aliphatic carbocycles. The highest BCUT2D eigenvalue weighted by molar-refractivity contribution is 7.91.